The van der Waals surface area contributed by atoms with Gasteiger partial charge in [-0.1, -0.05) is 6.07 Å². The van der Waals surface area contributed by atoms with Gasteiger partial charge in [-0.2, -0.15) is 0 Å². The fraction of sp³-hybridized carbons (Fsp3) is 0.286. The van der Waals surface area contributed by atoms with Gasteiger partial charge in [0.25, 0.3) is 6.43 Å². The Morgan fingerprint density at radius 2 is 2.00 bits per heavy atom. The molecule has 0 aliphatic carbocycles. The van der Waals surface area contributed by atoms with Gasteiger partial charge in [0.1, 0.15) is 4.60 Å². The van der Waals surface area contributed by atoms with Crippen molar-refractivity contribution in [3.05, 3.63) is 28.5 Å². The number of pyridine rings is 1. The molecular formula is C7H5BrF3N. The predicted molar refractivity (Wildman–Crippen MR) is 41.8 cm³/mol. The molecule has 5 heteroatoms. The van der Waals surface area contributed by atoms with Gasteiger partial charge >= 0.3 is 0 Å². The number of alkyl halides is 3. The summed E-state index contributed by atoms with van der Waals surface area (Å²) in [6.45, 7) is 0. The minimum Gasteiger partial charge on any atom is -0.249 e. The first kappa shape index (κ1) is 9.51. The fourth-order valence-corrected chi connectivity index (χ4v) is 1.21. The summed E-state index contributed by atoms with van der Waals surface area (Å²) in [5.41, 5.74) is -0.118. The minimum absolute atomic E-state index is 0.118. The van der Waals surface area contributed by atoms with Crippen LogP contribution in [0.1, 0.15) is 11.7 Å². The number of hydrogen-bond donors (Lipinski definition) is 0. The van der Waals surface area contributed by atoms with E-state index in [9.17, 15) is 13.2 Å². The van der Waals surface area contributed by atoms with Crippen molar-refractivity contribution in [1.82, 2.24) is 4.98 Å². The van der Waals surface area contributed by atoms with Gasteiger partial charge in [0.05, 0.1) is 0 Å². The largest absolute Gasteiger partial charge is 0.273 e. The van der Waals surface area contributed by atoms with Gasteiger partial charge in [-0.3, -0.25) is 0 Å². The Kier molecular flexibility index (Phi) is 3.08. The third-order valence-electron chi connectivity index (χ3n) is 1.31. The summed E-state index contributed by atoms with van der Waals surface area (Å²) in [6, 6.07) is 2.68. The molecule has 1 unspecified atom stereocenters. The number of aromatic nitrogens is 1. The second-order valence-electron chi connectivity index (χ2n) is 2.12. The summed E-state index contributed by atoms with van der Waals surface area (Å²) in [6.07, 6.45) is -3.88. The predicted octanol–water partition coefficient (Wildman–Crippen LogP) is 3.12. The number of halogens is 4. The van der Waals surface area contributed by atoms with Gasteiger partial charge in [0.2, 0.25) is 0 Å². The normalized spacial score (nSPS) is 13.4. The molecule has 1 atom stereocenters. The monoisotopic (exact) mass is 239 g/mol. The van der Waals surface area contributed by atoms with E-state index in [4.69, 9.17) is 0 Å². The summed E-state index contributed by atoms with van der Waals surface area (Å²) in [7, 11) is 0. The van der Waals surface area contributed by atoms with Crippen molar-refractivity contribution in [1.29, 1.82) is 0 Å². The quantitative estimate of drug-likeness (QED) is 0.723. The topological polar surface area (TPSA) is 12.9 Å². The average molecular weight is 240 g/mol. The van der Waals surface area contributed by atoms with Gasteiger partial charge in [0.15, 0.2) is 6.17 Å². The number of hydrogen-bond acceptors (Lipinski definition) is 1. The zero-order valence-corrected chi connectivity index (χ0v) is 7.43. The first-order valence-electron chi connectivity index (χ1n) is 3.15. The highest BCUT2D eigenvalue weighted by Crippen LogP contribution is 2.28. The van der Waals surface area contributed by atoms with Crippen LogP contribution in [0.3, 0.4) is 0 Å². The van der Waals surface area contributed by atoms with E-state index in [0.29, 0.717) is 0 Å². The Hall–Kier alpha value is -0.580. The van der Waals surface area contributed by atoms with Gasteiger partial charge in [-0.25, -0.2) is 18.2 Å². The van der Waals surface area contributed by atoms with E-state index in [1.165, 1.54) is 18.3 Å². The molecule has 0 saturated heterocycles. The zero-order chi connectivity index (χ0) is 9.14. The van der Waals surface area contributed by atoms with Crippen LogP contribution < -0.4 is 0 Å². The molecule has 0 saturated carbocycles. The van der Waals surface area contributed by atoms with Gasteiger partial charge in [-0.05, 0) is 22.0 Å². The van der Waals surface area contributed by atoms with E-state index >= 15 is 0 Å². The molecule has 12 heavy (non-hydrogen) atoms. The summed E-state index contributed by atoms with van der Waals surface area (Å²) in [4.78, 5) is 3.63. The van der Waals surface area contributed by atoms with Crippen LogP contribution in [0.2, 0.25) is 0 Å². The molecule has 0 N–H and O–H groups in total. The SMILES string of the molecule is FC(F)C(F)c1cccnc1Br. The van der Waals surface area contributed by atoms with Crippen molar-refractivity contribution in [3.8, 4) is 0 Å². The molecular weight excluding hydrogens is 235 g/mol. The molecule has 0 radical (unpaired) electrons. The van der Waals surface area contributed by atoms with Crippen LogP contribution >= 0.6 is 15.9 Å². The third-order valence-corrected chi connectivity index (χ3v) is 1.97. The van der Waals surface area contributed by atoms with E-state index in [-0.39, 0.29) is 10.2 Å². The molecule has 1 nitrogen and oxygen atoms in total. The van der Waals surface area contributed by atoms with Crippen molar-refractivity contribution in [2.45, 2.75) is 12.6 Å². The van der Waals surface area contributed by atoms with Gasteiger partial charge in [0, 0.05) is 11.8 Å². The van der Waals surface area contributed by atoms with Crippen molar-refractivity contribution in [3.63, 3.8) is 0 Å². The summed E-state index contributed by atoms with van der Waals surface area (Å²) >= 11 is 2.88. The summed E-state index contributed by atoms with van der Waals surface area (Å²) in [5.74, 6) is 0. The first-order chi connectivity index (χ1) is 5.63. The van der Waals surface area contributed by atoms with Crippen molar-refractivity contribution in [2.24, 2.45) is 0 Å². The standard InChI is InChI=1S/C7H5BrF3N/c8-6-4(2-1-3-12-6)5(9)7(10)11/h1-3,5,7H. The van der Waals surface area contributed by atoms with Crippen LogP contribution in [-0.2, 0) is 0 Å². The molecule has 1 rings (SSSR count). The number of nitrogens with zero attached hydrogens (tertiary/aromatic N) is 1. The average Bonchev–Trinajstić information content (AvgIpc) is 2.04. The molecule has 0 amide bonds. The van der Waals surface area contributed by atoms with Gasteiger partial charge in [-0.15, -0.1) is 0 Å². The van der Waals surface area contributed by atoms with E-state index < -0.39 is 12.6 Å². The van der Waals surface area contributed by atoms with Crippen molar-refractivity contribution < 1.29 is 13.2 Å². The Morgan fingerprint density at radius 1 is 1.33 bits per heavy atom. The molecule has 0 fully saturated rings. The highest BCUT2D eigenvalue weighted by Gasteiger charge is 2.23. The Balaban J connectivity index is 2.94. The molecule has 1 aromatic heterocycles. The minimum atomic E-state index is -3.01. The molecule has 0 aliphatic rings. The van der Waals surface area contributed by atoms with Crippen LogP contribution in [0, 0.1) is 0 Å². The molecule has 0 aromatic carbocycles. The number of rotatable bonds is 2. The maximum Gasteiger partial charge on any atom is 0.273 e. The molecule has 1 heterocycles. The second kappa shape index (κ2) is 3.89. The highest BCUT2D eigenvalue weighted by atomic mass is 79.9. The Labute approximate surface area is 75.7 Å². The van der Waals surface area contributed by atoms with Crippen LogP contribution in [0.25, 0.3) is 0 Å². The maximum absolute atomic E-state index is 12.7. The van der Waals surface area contributed by atoms with E-state index in [1.807, 2.05) is 0 Å². The second-order valence-corrected chi connectivity index (χ2v) is 2.87. The van der Waals surface area contributed by atoms with E-state index in [0.717, 1.165) is 0 Å². The van der Waals surface area contributed by atoms with Crippen LogP contribution in [0.5, 0.6) is 0 Å². The lowest BCUT2D eigenvalue weighted by Crippen LogP contribution is -2.04. The highest BCUT2D eigenvalue weighted by molar-refractivity contribution is 9.10. The molecule has 0 aliphatic heterocycles. The Morgan fingerprint density at radius 3 is 2.50 bits per heavy atom. The first-order valence-corrected chi connectivity index (χ1v) is 3.95. The summed E-state index contributed by atoms with van der Waals surface area (Å²) in [5, 5.41) is 0. The van der Waals surface area contributed by atoms with Crippen molar-refractivity contribution in [2.75, 3.05) is 0 Å². The lowest BCUT2D eigenvalue weighted by atomic mass is 10.2. The molecule has 1 aromatic rings. The van der Waals surface area contributed by atoms with Crippen molar-refractivity contribution >= 4 is 15.9 Å². The molecule has 0 spiro atoms. The maximum atomic E-state index is 12.7. The van der Waals surface area contributed by atoms with E-state index in [1.54, 1.807) is 0 Å². The third kappa shape index (κ3) is 1.97. The zero-order valence-electron chi connectivity index (χ0n) is 5.85. The lowest BCUT2D eigenvalue weighted by Gasteiger charge is -2.07. The van der Waals surface area contributed by atoms with Crippen LogP contribution in [-0.4, -0.2) is 11.4 Å². The Bertz CT molecular complexity index is 267. The molecule has 0 bridgehead atoms. The smallest absolute Gasteiger partial charge is 0.249 e. The van der Waals surface area contributed by atoms with Gasteiger partial charge < -0.3 is 0 Å². The van der Waals surface area contributed by atoms with Crippen LogP contribution in [0.15, 0.2) is 22.9 Å². The van der Waals surface area contributed by atoms with E-state index in [2.05, 4.69) is 20.9 Å². The van der Waals surface area contributed by atoms with Crippen LogP contribution in [0.4, 0.5) is 13.2 Å². The fourth-order valence-electron chi connectivity index (χ4n) is 0.740. The molecule has 66 valence electrons. The lowest BCUT2D eigenvalue weighted by molar-refractivity contribution is 0.0490. The summed E-state index contributed by atoms with van der Waals surface area (Å²) < 4.78 is 36.6.